The number of nitrogens with zero attached hydrogens (tertiary/aromatic N) is 3. The van der Waals surface area contributed by atoms with Gasteiger partial charge in [-0.25, -0.2) is 17.7 Å². The first-order valence-corrected chi connectivity index (χ1v) is 12.1. The quantitative estimate of drug-likeness (QED) is 0.756. The summed E-state index contributed by atoms with van der Waals surface area (Å²) in [7, 11) is -3.26. The Balaban J connectivity index is 1.50. The van der Waals surface area contributed by atoms with Crippen LogP contribution in [0.25, 0.3) is 0 Å². The van der Waals surface area contributed by atoms with Crippen LogP contribution in [0.4, 0.5) is 5.69 Å². The summed E-state index contributed by atoms with van der Waals surface area (Å²) in [6.45, 7) is 3.10. The van der Waals surface area contributed by atoms with Crippen molar-refractivity contribution in [1.82, 2.24) is 13.9 Å². The SMILES string of the molecule is CCCCS(=O)(=O)N1CCC2(CC1)OC(C(=O)Nc1ccccc1)Cn1ccnc12. The highest BCUT2D eigenvalue weighted by molar-refractivity contribution is 7.89. The number of unbranched alkanes of at least 4 members (excludes halogenated alkanes) is 1. The first-order valence-electron chi connectivity index (χ1n) is 10.5. The molecule has 1 N–H and O–H groups in total. The number of fused-ring (bicyclic) bond motifs is 2. The van der Waals surface area contributed by atoms with Gasteiger partial charge in [0.2, 0.25) is 10.0 Å². The van der Waals surface area contributed by atoms with Crippen molar-refractivity contribution >= 4 is 21.6 Å². The van der Waals surface area contributed by atoms with E-state index in [0.717, 1.165) is 12.2 Å². The molecule has 0 radical (unpaired) electrons. The van der Waals surface area contributed by atoms with Crippen LogP contribution in [0.5, 0.6) is 0 Å². The molecule has 4 rings (SSSR count). The van der Waals surface area contributed by atoms with Gasteiger partial charge in [-0.05, 0) is 31.4 Å². The van der Waals surface area contributed by atoms with Gasteiger partial charge in [-0.3, -0.25) is 4.79 Å². The summed E-state index contributed by atoms with van der Waals surface area (Å²) in [6, 6.07) is 9.28. The molecule has 1 fully saturated rings. The zero-order valence-electron chi connectivity index (χ0n) is 17.2. The molecule has 1 unspecified atom stereocenters. The van der Waals surface area contributed by atoms with Gasteiger partial charge in [0, 0.05) is 31.2 Å². The number of hydrogen-bond donors (Lipinski definition) is 1. The number of carbonyl (C=O) groups excluding carboxylic acids is 1. The van der Waals surface area contributed by atoms with Crippen molar-refractivity contribution in [3.8, 4) is 0 Å². The molecular weight excluding hydrogens is 404 g/mol. The highest BCUT2D eigenvalue weighted by Gasteiger charge is 2.48. The van der Waals surface area contributed by atoms with Crippen LogP contribution in [0.3, 0.4) is 0 Å². The maximum absolute atomic E-state index is 12.9. The van der Waals surface area contributed by atoms with E-state index >= 15 is 0 Å². The summed E-state index contributed by atoms with van der Waals surface area (Å²) >= 11 is 0. The molecule has 3 heterocycles. The number of nitrogens with one attached hydrogen (secondary N) is 1. The van der Waals surface area contributed by atoms with Crippen LogP contribution < -0.4 is 5.32 Å². The summed E-state index contributed by atoms with van der Waals surface area (Å²) in [5, 5.41) is 2.91. The average molecular weight is 433 g/mol. The largest absolute Gasteiger partial charge is 0.352 e. The fourth-order valence-corrected chi connectivity index (χ4v) is 5.85. The fraction of sp³-hybridized carbons (Fsp3) is 0.524. The molecule has 0 bridgehead atoms. The number of aromatic nitrogens is 2. The first-order chi connectivity index (χ1) is 14.4. The highest BCUT2D eigenvalue weighted by atomic mass is 32.2. The van der Waals surface area contributed by atoms with Crippen LogP contribution in [0.1, 0.15) is 38.4 Å². The Morgan fingerprint density at radius 3 is 2.70 bits per heavy atom. The van der Waals surface area contributed by atoms with Gasteiger partial charge in [0.05, 0.1) is 12.3 Å². The molecule has 1 spiro atoms. The maximum atomic E-state index is 12.9. The molecule has 162 valence electrons. The molecular formula is C21H28N4O4S. The lowest BCUT2D eigenvalue weighted by molar-refractivity contribution is -0.166. The lowest BCUT2D eigenvalue weighted by atomic mass is 9.89. The zero-order valence-corrected chi connectivity index (χ0v) is 18.0. The molecule has 1 saturated heterocycles. The fourth-order valence-electron chi connectivity index (χ4n) is 4.20. The van der Waals surface area contributed by atoms with Crippen molar-refractivity contribution in [3.63, 3.8) is 0 Å². The molecule has 30 heavy (non-hydrogen) atoms. The number of carbonyl (C=O) groups is 1. The van der Waals surface area contributed by atoms with Crippen LogP contribution in [0, 0.1) is 0 Å². The number of anilines is 1. The predicted octanol–water partition coefficient (Wildman–Crippen LogP) is 2.34. The monoisotopic (exact) mass is 432 g/mol. The number of imidazole rings is 1. The lowest BCUT2D eigenvalue weighted by Gasteiger charge is -2.45. The van der Waals surface area contributed by atoms with Gasteiger partial charge in [-0.2, -0.15) is 0 Å². The Morgan fingerprint density at radius 2 is 2.00 bits per heavy atom. The van der Waals surface area contributed by atoms with E-state index in [1.165, 1.54) is 0 Å². The van der Waals surface area contributed by atoms with Gasteiger partial charge in [-0.1, -0.05) is 31.5 Å². The summed E-state index contributed by atoms with van der Waals surface area (Å²) < 4.78 is 35.0. The maximum Gasteiger partial charge on any atom is 0.255 e. The van der Waals surface area contributed by atoms with E-state index in [2.05, 4.69) is 10.3 Å². The third kappa shape index (κ3) is 4.14. The van der Waals surface area contributed by atoms with E-state index in [1.54, 1.807) is 10.5 Å². The van der Waals surface area contributed by atoms with E-state index in [-0.39, 0.29) is 11.7 Å². The van der Waals surface area contributed by atoms with Gasteiger partial charge in [0.1, 0.15) is 11.4 Å². The van der Waals surface area contributed by atoms with E-state index in [9.17, 15) is 13.2 Å². The topological polar surface area (TPSA) is 93.5 Å². The smallest absolute Gasteiger partial charge is 0.255 e. The molecule has 8 nitrogen and oxygen atoms in total. The summed E-state index contributed by atoms with van der Waals surface area (Å²) in [5.74, 6) is 0.739. The Morgan fingerprint density at radius 1 is 1.27 bits per heavy atom. The van der Waals surface area contributed by atoms with E-state index in [1.807, 2.05) is 48.0 Å². The minimum Gasteiger partial charge on any atom is -0.352 e. The van der Waals surface area contributed by atoms with E-state index in [4.69, 9.17) is 4.74 Å². The van der Waals surface area contributed by atoms with Crippen LogP contribution in [-0.2, 0) is 31.7 Å². The first kappa shape index (κ1) is 21.0. The van der Waals surface area contributed by atoms with Crippen molar-refractivity contribution in [3.05, 3.63) is 48.5 Å². The second-order valence-corrected chi connectivity index (χ2v) is 10.0. The van der Waals surface area contributed by atoms with Gasteiger partial charge in [0.25, 0.3) is 5.91 Å². The standard InChI is InChI=1S/C21H28N4O4S/c1-2-3-15-30(27,28)25-12-9-21(10-13-25)20-22-11-14-24(20)16-18(29-21)19(26)23-17-7-5-4-6-8-17/h4-8,11,14,18H,2-3,9-10,12-13,15-16H2,1H3,(H,23,26). The van der Waals surface area contributed by atoms with Crippen LogP contribution >= 0.6 is 0 Å². The minimum atomic E-state index is -3.26. The van der Waals surface area contributed by atoms with E-state index < -0.39 is 21.7 Å². The minimum absolute atomic E-state index is 0.175. The Kier molecular flexibility index (Phi) is 5.95. The Hall–Kier alpha value is -2.23. The molecule has 0 saturated carbocycles. The van der Waals surface area contributed by atoms with Gasteiger partial charge >= 0.3 is 0 Å². The number of ether oxygens (including phenoxy) is 1. The van der Waals surface area contributed by atoms with E-state index in [0.29, 0.717) is 44.6 Å². The number of hydrogen-bond acceptors (Lipinski definition) is 5. The molecule has 2 aliphatic rings. The van der Waals surface area contributed by atoms with Gasteiger partial charge in [0.15, 0.2) is 6.10 Å². The normalized spacial score (nSPS) is 21.3. The van der Waals surface area contributed by atoms with Crippen molar-refractivity contribution in [1.29, 1.82) is 0 Å². The number of benzene rings is 1. The molecule has 1 aromatic heterocycles. The predicted molar refractivity (Wildman–Crippen MR) is 113 cm³/mol. The second kappa shape index (κ2) is 8.49. The van der Waals surface area contributed by atoms with Crippen molar-refractivity contribution in [2.45, 2.75) is 50.9 Å². The summed E-state index contributed by atoms with van der Waals surface area (Å²) in [5.41, 5.74) is -0.0366. The zero-order chi connectivity index (χ0) is 21.2. The second-order valence-electron chi connectivity index (χ2n) is 7.93. The molecule has 1 aromatic carbocycles. The number of piperidine rings is 1. The lowest BCUT2D eigenvalue weighted by Crippen LogP contribution is -2.54. The summed E-state index contributed by atoms with van der Waals surface area (Å²) in [4.78, 5) is 17.4. The third-order valence-corrected chi connectivity index (χ3v) is 7.82. The van der Waals surface area contributed by atoms with Crippen LogP contribution in [-0.4, -0.2) is 53.1 Å². The van der Waals surface area contributed by atoms with Crippen molar-refractivity contribution in [2.24, 2.45) is 0 Å². The molecule has 2 aromatic rings. The van der Waals surface area contributed by atoms with Crippen molar-refractivity contribution < 1.29 is 17.9 Å². The summed E-state index contributed by atoms with van der Waals surface area (Å²) in [6.07, 6.45) is 5.35. The van der Waals surface area contributed by atoms with Crippen LogP contribution in [0.2, 0.25) is 0 Å². The Bertz CT molecular complexity index is 981. The number of rotatable bonds is 6. The highest BCUT2D eigenvalue weighted by Crippen LogP contribution is 2.40. The molecule has 0 aliphatic carbocycles. The van der Waals surface area contributed by atoms with Gasteiger partial charge in [-0.15, -0.1) is 0 Å². The average Bonchev–Trinajstić information content (AvgIpc) is 3.23. The number of para-hydroxylation sites is 1. The molecule has 9 heteroatoms. The third-order valence-electron chi connectivity index (χ3n) is 5.87. The van der Waals surface area contributed by atoms with Crippen LogP contribution in [0.15, 0.2) is 42.7 Å². The number of sulfonamides is 1. The molecule has 2 aliphatic heterocycles. The molecule has 1 amide bonds. The van der Waals surface area contributed by atoms with Crippen molar-refractivity contribution in [2.75, 3.05) is 24.2 Å². The number of amides is 1. The molecule has 1 atom stereocenters. The van der Waals surface area contributed by atoms with Gasteiger partial charge < -0.3 is 14.6 Å². The Labute approximate surface area is 177 Å².